The van der Waals surface area contributed by atoms with Crippen molar-refractivity contribution in [1.29, 1.82) is 0 Å². The molecule has 0 saturated carbocycles. The summed E-state index contributed by atoms with van der Waals surface area (Å²) in [4.78, 5) is 17.2. The summed E-state index contributed by atoms with van der Waals surface area (Å²) in [5, 5.41) is 11.7. The first-order valence-corrected chi connectivity index (χ1v) is 15.9. The predicted octanol–water partition coefficient (Wildman–Crippen LogP) is 8.32. The molecule has 1 saturated heterocycles. The molecule has 13 heteroatoms. The Morgan fingerprint density at radius 1 is 0.870 bits per heavy atom. The lowest BCUT2D eigenvalue weighted by Gasteiger charge is -2.41. The standard InChI is InChI=1S/C33H25F5N2O4S2/c1-16-22(15-45-33-40-21-4-2-3-5-23(21)46-33)43-32(44-30(16)18-8-6-17(14-41)7-9-18)19-10-12-20(13-11-19)39-31(42)24-25(34)27(36)29(38)28(37)26(24)35/h2-13,16,22,30,32,41H,14-15H2,1H3,(H,39,42)/t16-,22+,30+,32+/m1/s1. The molecule has 0 bridgehead atoms. The maximum absolute atomic E-state index is 14.1. The van der Waals surface area contributed by atoms with Gasteiger partial charge in [0.15, 0.2) is 33.9 Å². The van der Waals surface area contributed by atoms with Crippen LogP contribution in [0.4, 0.5) is 27.6 Å². The molecule has 0 aliphatic carbocycles. The predicted molar refractivity (Wildman–Crippen MR) is 164 cm³/mol. The number of rotatable bonds is 8. The minimum absolute atomic E-state index is 0.0425. The highest BCUT2D eigenvalue weighted by Crippen LogP contribution is 2.43. The van der Waals surface area contributed by atoms with Crippen LogP contribution in [0.3, 0.4) is 0 Å². The average molecular weight is 673 g/mol. The van der Waals surface area contributed by atoms with Crippen LogP contribution in [0.5, 0.6) is 0 Å². The fraction of sp³-hybridized carbons (Fsp3) is 0.212. The molecule has 238 valence electrons. The number of thiazole rings is 1. The summed E-state index contributed by atoms with van der Waals surface area (Å²) in [7, 11) is 0. The van der Waals surface area contributed by atoms with E-state index < -0.39 is 46.8 Å². The molecule has 2 heterocycles. The zero-order chi connectivity index (χ0) is 32.5. The molecule has 6 rings (SSSR count). The number of aromatic nitrogens is 1. The molecule has 1 aliphatic heterocycles. The summed E-state index contributed by atoms with van der Waals surface area (Å²) in [5.74, 6) is -12.2. The Kier molecular flexibility index (Phi) is 9.39. The SMILES string of the molecule is C[C@@H]1[C@H](CSc2nc3ccccc3s2)O[C@H](c2ccc(NC(=O)c3c(F)c(F)c(F)c(F)c3F)cc2)O[C@@H]1c1ccc(CO)cc1. The van der Waals surface area contributed by atoms with Gasteiger partial charge in [-0.25, -0.2) is 26.9 Å². The van der Waals surface area contributed by atoms with Gasteiger partial charge in [-0.2, -0.15) is 0 Å². The molecule has 6 nitrogen and oxygen atoms in total. The van der Waals surface area contributed by atoms with Gasteiger partial charge < -0.3 is 19.9 Å². The molecule has 5 aromatic rings. The Hall–Kier alpha value is -3.88. The van der Waals surface area contributed by atoms with Crippen molar-refractivity contribution in [2.24, 2.45) is 5.92 Å². The molecule has 0 unspecified atom stereocenters. The number of thioether (sulfide) groups is 1. The molecular formula is C33H25F5N2O4S2. The van der Waals surface area contributed by atoms with Crippen LogP contribution in [0, 0.1) is 35.0 Å². The maximum Gasteiger partial charge on any atom is 0.261 e. The Balaban J connectivity index is 1.22. The number of hydrogen-bond donors (Lipinski definition) is 2. The fourth-order valence-corrected chi connectivity index (χ4v) is 7.36. The first kappa shape index (κ1) is 32.1. The number of aliphatic hydroxyl groups is 1. The monoisotopic (exact) mass is 672 g/mol. The van der Waals surface area contributed by atoms with Gasteiger partial charge in [-0.3, -0.25) is 4.79 Å². The van der Waals surface area contributed by atoms with Gasteiger partial charge in [0.25, 0.3) is 5.91 Å². The summed E-state index contributed by atoms with van der Waals surface area (Å²) in [6, 6.07) is 21.2. The Morgan fingerprint density at radius 3 is 2.15 bits per heavy atom. The lowest BCUT2D eigenvalue weighted by molar-refractivity contribution is -0.268. The number of nitrogens with one attached hydrogen (secondary N) is 1. The number of nitrogens with zero attached hydrogens (tertiary/aromatic N) is 1. The van der Waals surface area contributed by atoms with Gasteiger partial charge in [0.05, 0.1) is 29.0 Å². The summed E-state index contributed by atoms with van der Waals surface area (Å²) >= 11 is 3.17. The van der Waals surface area contributed by atoms with Crippen LogP contribution in [-0.4, -0.2) is 27.9 Å². The van der Waals surface area contributed by atoms with Crippen LogP contribution in [0.1, 0.15) is 46.4 Å². The number of anilines is 1. The molecule has 46 heavy (non-hydrogen) atoms. The van der Waals surface area contributed by atoms with Gasteiger partial charge in [-0.15, -0.1) is 11.3 Å². The van der Waals surface area contributed by atoms with Gasteiger partial charge in [-0.05, 0) is 35.4 Å². The minimum atomic E-state index is -2.35. The number of fused-ring (bicyclic) bond motifs is 1. The molecule has 2 N–H and O–H groups in total. The number of benzene rings is 4. The van der Waals surface area contributed by atoms with E-state index in [4.69, 9.17) is 14.5 Å². The van der Waals surface area contributed by atoms with Gasteiger partial charge in [-0.1, -0.05) is 67.2 Å². The van der Waals surface area contributed by atoms with E-state index in [0.29, 0.717) is 11.3 Å². The number of amides is 1. The molecular weight excluding hydrogens is 647 g/mol. The molecule has 4 aromatic carbocycles. The Morgan fingerprint density at radius 2 is 1.50 bits per heavy atom. The molecule has 1 fully saturated rings. The van der Waals surface area contributed by atoms with E-state index in [1.54, 1.807) is 35.2 Å². The number of aliphatic hydroxyl groups excluding tert-OH is 1. The van der Waals surface area contributed by atoms with Crippen LogP contribution in [-0.2, 0) is 16.1 Å². The van der Waals surface area contributed by atoms with E-state index in [-0.39, 0.29) is 30.4 Å². The summed E-state index contributed by atoms with van der Waals surface area (Å²) in [5.41, 5.74) is 1.58. The van der Waals surface area contributed by atoms with E-state index in [1.165, 1.54) is 12.1 Å². The van der Waals surface area contributed by atoms with E-state index in [2.05, 4.69) is 5.32 Å². The van der Waals surface area contributed by atoms with Crippen molar-refractivity contribution < 1.29 is 41.3 Å². The number of ether oxygens (including phenoxy) is 2. The third-order valence-electron chi connectivity index (χ3n) is 7.65. The van der Waals surface area contributed by atoms with E-state index in [9.17, 15) is 31.9 Å². The summed E-state index contributed by atoms with van der Waals surface area (Å²) in [6.07, 6.45) is -1.52. The number of hydrogen-bond acceptors (Lipinski definition) is 7. The van der Waals surface area contributed by atoms with E-state index in [1.807, 2.05) is 55.5 Å². The van der Waals surface area contributed by atoms with Crippen molar-refractivity contribution in [3.05, 3.63) is 124 Å². The van der Waals surface area contributed by atoms with Gasteiger partial charge in [0.1, 0.15) is 5.56 Å². The second kappa shape index (κ2) is 13.5. The largest absolute Gasteiger partial charge is 0.392 e. The molecule has 0 spiro atoms. The quantitative estimate of drug-likeness (QED) is 0.0747. The summed E-state index contributed by atoms with van der Waals surface area (Å²) in [6.45, 7) is 1.93. The highest BCUT2D eigenvalue weighted by molar-refractivity contribution is 8.01. The molecule has 4 atom stereocenters. The van der Waals surface area contributed by atoms with Crippen molar-refractivity contribution in [3.8, 4) is 0 Å². The van der Waals surface area contributed by atoms with Crippen LogP contribution in [0.2, 0.25) is 0 Å². The fourth-order valence-electron chi connectivity index (χ4n) is 5.10. The second-order valence-corrected chi connectivity index (χ2v) is 12.9. The van der Waals surface area contributed by atoms with E-state index >= 15 is 0 Å². The third kappa shape index (κ3) is 6.38. The second-order valence-electron chi connectivity index (χ2n) is 10.6. The van der Waals surface area contributed by atoms with Crippen molar-refractivity contribution in [1.82, 2.24) is 4.98 Å². The number of carbonyl (C=O) groups excluding carboxylic acids is 1. The van der Waals surface area contributed by atoms with Crippen molar-refractivity contribution in [3.63, 3.8) is 0 Å². The average Bonchev–Trinajstić information content (AvgIpc) is 3.50. The zero-order valence-electron chi connectivity index (χ0n) is 24.0. The normalized spacial score (nSPS) is 19.8. The van der Waals surface area contributed by atoms with E-state index in [0.717, 1.165) is 25.7 Å². The Bertz CT molecular complexity index is 1830. The number of halogens is 5. The van der Waals surface area contributed by atoms with Crippen LogP contribution >= 0.6 is 23.1 Å². The molecule has 1 amide bonds. The maximum atomic E-state index is 14.1. The van der Waals surface area contributed by atoms with Gasteiger partial charge >= 0.3 is 0 Å². The van der Waals surface area contributed by atoms with Crippen molar-refractivity contribution in [2.75, 3.05) is 11.1 Å². The first-order valence-electron chi connectivity index (χ1n) is 14.1. The smallest absolute Gasteiger partial charge is 0.261 e. The first-order chi connectivity index (χ1) is 22.1. The topological polar surface area (TPSA) is 80.7 Å². The van der Waals surface area contributed by atoms with Crippen LogP contribution in [0.15, 0.2) is 77.1 Å². The molecule has 1 aliphatic rings. The van der Waals surface area contributed by atoms with Gasteiger partial charge in [0, 0.05) is 22.9 Å². The molecule has 1 aromatic heterocycles. The third-order valence-corrected chi connectivity index (χ3v) is 9.91. The van der Waals surface area contributed by atoms with Crippen molar-refractivity contribution in [2.45, 2.75) is 36.4 Å². The summed E-state index contributed by atoms with van der Waals surface area (Å²) < 4.78 is 83.8. The highest BCUT2D eigenvalue weighted by Gasteiger charge is 2.38. The van der Waals surface area contributed by atoms with Crippen molar-refractivity contribution >= 4 is 44.9 Å². The highest BCUT2D eigenvalue weighted by atomic mass is 32.2. The lowest BCUT2D eigenvalue weighted by Crippen LogP contribution is -2.38. The molecule has 0 radical (unpaired) electrons. The zero-order valence-corrected chi connectivity index (χ0v) is 25.6. The van der Waals surface area contributed by atoms with Gasteiger partial charge in [0.2, 0.25) is 5.82 Å². The lowest BCUT2D eigenvalue weighted by atomic mass is 9.91. The van der Waals surface area contributed by atoms with Crippen LogP contribution < -0.4 is 5.32 Å². The van der Waals surface area contributed by atoms with Crippen LogP contribution in [0.25, 0.3) is 10.2 Å². The number of para-hydroxylation sites is 1. The number of carbonyl (C=O) groups is 1. The Labute approximate surface area is 268 Å². The minimum Gasteiger partial charge on any atom is -0.392 e.